The Bertz CT molecular complexity index is 293. The lowest BCUT2D eigenvalue weighted by Crippen LogP contribution is -2.13. The summed E-state index contributed by atoms with van der Waals surface area (Å²) in [6.07, 6.45) is 0. The number of anilines is 1. The number of rotatable bonds is 3. The first-order valence-corrected chi connectivity index (χ1v) is 4.85. The van der Waals surface area contributed by atoms with Crippen LogP contribution in [0.15, 0.2) is 18.2 Å². The summed E-state index contributed by atoms with van der Waals surface area (Å²) in [6.45, 7) is 0. The summed E-state index contributed by atoms with van der Waals surface area (Å²) < 4.78 is 5.04. The Kier molecular flexibility index (Phi) is 3.75. The van der Waals surface area contributed by atoms with Gasteiger partial charge in [-0.15, -0.1) is 0 Å². The summed E-state index contributed by atoms with van der Waals surface area (Å²) in [4.78, 5) is 1.98. The van der Waals surface area contributed by atoms with Crippen molar-refractivity contribution in [1.29, 1.82) is 0 Å². The topological polar surface area (TPSA) is 12.5 Å². The molecular weight excluding hydrogens is 206 g/mol. The Hall–Kier alpha value is -0.540. The van der Waals surface area contributed by atoms with Gasteiger partial charge in [-0.3, -0.25) is 0 Å². The Morgan fingerprint density at radius 2 is 2.23 bits per heavy atom. The van der Waals surface area contributed by atoms with Crippen molar-refractivity contribution < 1.29 is 4.74 Å². The van der Waals surface area contributed by atoms with Gasteiger partial charge < -0.3 is 9.64 Å². The minimum absolute atomic E-state index is 0.619. The number of nitrogens with zero attached hydrogens (tertiary/aromatic N) is 1. The van der Waals surface area contributed by atoms with Crippen LogP contribution in [0.25, 0.3) is 0 Å². The van der Waals surface area contributed by atoms with Crippen molar-refractivity contribution in [2.24, 2.45) is 0 Å². The predicted octanol–water partition coefficient (Wildman–Crippen LogP) is 2.67. The van der Waals surface area contributed by atoms with Crippen molar-refractivity contribution in [2.75, 3.05) is 24.9 Å². The van der Waals surface area contributed by atoms with Crippen LogP contribution in [0.5, 0.6) is 5.75 Å². The van der Waals surface area contributed by atoms with E-state index in [2.05, 4.69) is 12.6 Å². The predicted molar refractivity (Wildman–Crippen MR) is 60.3 cm³/mol. The molecule has 0 aliphatic rings. The fourth-order valence-electron chi connectivity index (χ4n) is 0.974. The highest BCUT2D eigenvalue weighted by atomic mass is 35.5. The number of thiol groups is 1. The third-order valence-corrected chi connectivity index (χ3v) is 2.51. The fraction of sp³-hybridized carbons (Fsp3) is 0.333. The van der Waals surface area contributed by atoms with Gasteiger partial charge in [-0.05, 0) is 18.2 Å². The Morgan fingerprint density at radius 3 is 2.69 bits per heavy atom. The van der Waals surface area contributed by atoms with Crippen LogP contribution in [-0.2, 0) is 0 Å². The highest BCUT2D eigenvalue weighted by Crippen LogP contribution is 2.28. The molecule has 0 aliphatic carbocycles. The molecule has 0 atom stereocenters. The van der Waals surface area contributed by atoms with Gasteiger partial charge in [0.15, 0.2) is 0 Å². The number of ether oxygens (including phenoxy) is 1. The van der Waals surface area contributed by atoms with Gasteiger partial charge in [0.2, 0.25) is 0 Å². The van der Waals surface area contributed by atoms with Gasteiger partial charge in [0.05, 0.1) is 18.0 Å². The van der Waals surface area contributed by atoms with Crippen LogP contribution in [0.1, 0.15) is 0 Å². The van der Waals surface area contributed by atoms with E-state index >= 15 is 0 Å². The molecule has 0 radical (unpaired) electrons. The van der Waals surface area contributed by atoms with Gasteiger partial charge in [0.1, 0.15) is 5.75 Å². The number of hydrogen-bond donors (Lipinski definition) is 1. The standard InChI is InChI=1S/C9H12ClNOS/c1-11(6-13)7-3-4-9(12-2)8(10)5-7/h3-5,13H,6H2,1-2H3. The average Bonchev–Trinajstić information content (AvgIpc) is 2.16. The van der Waals surface area contributed by atoms with Crippen LogP contribution in [0.4, 0.5) is 5.69 Å². The highest BCUT2D eigenvalue weighted by Gasteiger charge is 2.03. The molecule has 0 unspecified atom stereocenters. The quantitative estimate of drug-likeness (QED) is 0.618. The van der Waals surface area contributed by atoms with Crippen molar-refractivity contribution in [3.8, 4) is 5.75 Å². The van der Waals surface area contributed by atoms with Gasteiger partial charge in [-0.25, -0.2) is 0 Å². The van der Waals surface area contributed by atoms with E-state index in [9.17, 15) is 0 Å². The van der Waals surface area contributed by atoms with E-state index in [1.165, 1.54) is 0 Å². The van der Waals surface area contributed by atoms with E-state index in [0.29, 0.717) is 16.6 Å². The maximum absolute atomic E-state index is 5.95. The molecule has 13 heavy (non-hydrogen) atoms. The van der Waals surface area contributed by atoms with E-state index in [4.69, 9.17) is 16.3 Å². The maximum Gasteiger partial charge on any atom is 0.137 e. The molecule has 0 heterocycles. The van der Waals surface area contributed by atoms with Crippen LogP contribution >= 0.6 is 24.2 Å². The second-order valence-electron chi connectivity index (χ2n) is 2.66. The van der Waals surface area contributed by atoms with Crippen molar-refractivity contribution in [3.63, 3.8) is 0 Å². The van der Waals surface area contributed by atoms with Crippen LogP contribution < -0.4 is 9.64 Å². The van der Waals surface area contributed by atoms with Crippen LogP contribution in [0.2, 0.25) is 5.02 Å². The third-order valence-electron chi connectivity index (χ3n) is 1.79. The largest absolute Gasteiger partial charge is 0.495 e. The smallest absolute Gasteiger partial charge is 0.137 e. The number of benzene rings is 1. The number of hydrogen-bond acceptors (Lipinski definition) is 3. The van der Waals surface area contributed by atoms with Gasteiger partial charge in [0, 0.05) is 12.7 Å². The lowest BCUT2D eigenvalue weighted by molar-refractivity contribution is 0.415. The second kappa shape index (κ2) is 4.63. The van der Waals surface area contributed by atoms with Crippen LogP contribution in [0.3, 0.4) is 0 Å². The Labute approximate surface area is 88.9 Å². The molecule has 1 rings (SSSR count). The van der Waals surface area contributed by atoms with E-state index < -0.39 is 0 Å². The zero-order valence-electron chi connectivity index (χ0n) is 7.62. The first kappa shape index (κ1) is 10.5. The normalized spacial score (nSPS) is 9.85. The van der Waals surface area contributed by atoms with Crippen LogP contribution in [-0.4, -0.2) is 20.0 Å². The third kappa shape index (κ3) is 2.45. The van der Waals surface area contributed by atoms with Gasteiger partial charge >= 0.3 is 0 Å². The number of methoxy groups -OCH3 is 1. The zero-order valence-corrected chi connectivity index (χ0v) is 9.27. The molecule has 0 spiro atoms. The summed E-state index contributed by atoms with van der Waals surface area (Å²) in [5.74, 6) is 1.35. The molecule has 0 saturated carbocycles. The van der Waals surface area contributed by atoms with E-state index in [1.54, 1.807) is 7.11 Å². The molecule has 0 aromatic heterocycles. The molecule has 1 aromatic rings. The summed E-state index contributed by atoms with van der Waals surface area (Å²) >= 11 is 10.1. The fourth-order valence-corrected chi connectivity index (χ4v) is 1.39. The minimum Gasteiger partial charge on any atom is -0.495 e. The average molecular weight is 218 g/mol. The van der Waals surface area contributed by atoms with Gasteiger partial charge in [-0.1, -0.05) is 11.6 Å². The zero-order chi connectivity index (χ0) is 9.84. The maximum atomic E-state index is 5.95. The minimum atomic E-state index is 0.619. The molecule has 0 bridgehead atoms. The Morgan fingerprint density at radius 1 is 1.54 bits per heavy atom. The van der Waals surface area contributed by atoms with Crippen molar-refractivity contribution in [3.05, 3.63) is 23.2 Å². The Balaban J connectivity index is 2.95. The van der Waals surface area contributed by atoms with E-state index in [-0.39, 0.29) is 0 Å². The van der Waals surface area contributed by atoms with Gasteiger partial charge in [0.25, 0.3) is 0 Å². The second-order valence-corrected chi connectivity index (χ2v) is 3.35. The summed E-state index contributed by atoms with van der Waals surface area (Å²) in [5.41, 5.74) is 1.03. The SMILES string of the molecule is COc1ccc(N(C)CS)cc1Cl. The molecule has 0 saturated heterocycles. The van der Waals surface area contributed by atoms with Gasteiger partial charge in [-0.2, -0.15) is 12.6 Å². The van der Waals surface area contributed by atoms with E-state index in [1.807, 2.05) is 30.1 Å². The monoisotopic (exact) mass is 217 g/mol. The molecule has 0 fully saturated rings. The molecule has 0 aliphatic heterocycles. The first-order valence-electron chi connectivity index (χ1n) is 3.84. The molecule has 4 heteroatoms. The molecule has 72 valence electrons. The molecule has 0 N–H and O–H groups in total. The molecule has 0 amide bonds. The highest BCUT2D eigenvalue weighted by molar-refractivity contribution is 7.80. The molecule has 2 nitrogen and oxygen atoms in total. The summed E-state index contributed by atoms with van der Waals surface area (Å²) in [6, 6.07) is 5.65. The van der Waals surface area contributed by atoms with Crippen molar-refractivity contribution >= 4 is 29.9 Å². The molecular formula is C9H12ClNOS. The first-order chi connectivity index (χ1) is 6.19. The van der Waals surface area contributed by atoms with Crippen molar-refractivity contribution in [1.82, 2.24) is 0 Å². The summed E-state index contributed by atoms with van der Waals surface area (Å²) in [7, 11) is 3.55. The molecule has 1 aromatic carbocycles. The van der Waals surface area contributed by atoms with E-state index in [0.717, 1.165) is 5.69 Å². The van der Waals surface area contributed by atoms with Crippen molar-refractivity contribution in [2.45, 2.75) is 0 Å². The lowest BCUT2D eigenvalue weighted by Gasteiger charge is -2.16. The lowest BCUT2D eigenvalue weighted by atomic mass is 10.3. The van der Waals surface area contributed by atoms with Crippen LogP contribution in [0, 0.1) is 0 Å². The summed E-state index contributed by atoms with van der Waals surface area (Å²) in [5, 5.41) is 0.619. The number of halogens is 1.